The van der Waals surface area contributed by atoms with Crippen molar-refractivity contribution in [2.75, 3.05) is 13.2 Å². The highest BCUT2D eigenvalue weighted by atomic mass is 32.2. The number of rotatable bonds is 6. The zero-order valence-corrected chi connectivity index (χ0v) is 15.7. The van der Waals surface area contributed by atoms with Crippen molar-refractivity contribution in [3.05, 3.63) is 54.1 Å². The molecule has 1 atom stereocenters. The van der Waals surface area contributed by atoms with E-state index in [2.05, 4.69) is 4.72 Å². The number of aliphatic hydroxyl groups excluding tert-OH is 1. The van der Waals surface area contributed by atoms with Gasteiger partial charge in [0.15, 0.2) is 11.5 Å². The van der Waals surface area contributed by atoms with Crippen LogP contribution in [0.5, 0.6) is 11.5 Å². The Bertz CT molecular complexity index is 894. The first-order valence-electron chi connectivity index (χ1n) is 9.16. The maximum Gasteiger partial charge on any atom is 0.244 e. The standard InChI is InChI=1S/C20H23NO5S/c22-16-12-15(13-16)17(11-14-5-2-1-3-6-14)21-27(23,24)19-8-4-7-18-20(19)26-10-9-25-18/h1-8,15-17,21-22H,9-13H2/t15?,16?,17-/m1/s1. The Kier molecular flexibility index (Phi) is 5.08. The summed E-state index contributed by atoms with van der Waals surface area (Å²) in [4.78, 5) is 0.0950. The molecule has 144 valence electrons. The van der Waals surface area contributed by atoms with E-state index < -0.39 is 10.0 Å². The van der Waals surface area contributed by atoms with Gasteiger partial charge in [-0.1, -0.05) is 36.4 Å². The molecule has 0 amide bonds. The summed E-state index contributed by atoms with van der Waals surface area (Å²) in [6.45, 7) is 0.725. The maximum atomic E-state index is 13.1. The van der Waals surface area contributed by atoms with Crippen LogP contribution in [-0.4, -0.2) is 38.9 Å². The summed E-state index contributed by atoms with van der Waals surface area (Å²) in [5, 5.41) is 9.69. The van der Waals surface area contributed by atoms with E-state index in [-0.39, 0.29) is 28.7 Å². The molecular weight excluding hydrogens is 366 g/mol. The average molecular weight is 389 g/mol. The number of hydrogen-bond donors (Lipinski definition) is 2. The predicted octanol–water partition coefficient (Wildman–Crippen LogP) is 2.12. The van der Waals surface area contributed by atoms with Crippen LogP contribution in [0.25, 0.3) is 0 Å². The fourth-order valence-electron chi connectivity index (χ4n) is 3.65. The third-order valence-electron chi connectivity index (χ3n) is 5.14. The van der Waals surface area contributed by atoms with Crippen LogP contribution in [0.4, 0.5) is 0 Å². The number of para-hydroxylation sites is 1. The molecule has 6 nitrogen and oxygen atoms in total. The van der Waals surface area contributed by atoms with Crippen LogP contribution < -0.4 is 14.2 Å². The quantitative estimate of drug-likeness (QED) is 0.791. The van der Waals surface area contributed by atoms with Crippen molar-refractivity contribution in [2.24, 2.45) is 5.92 Å². The first kappa shape index (κ1) is 18.3. The topological polar surface area (TPSA) is 84.9 Å². The molecule has 2 aliphatic rings. The molecule has 0 unspecified atom stereocenters. The molecule has 0 saturated heterocycles. The Labute approximate surface area is 159 Å². The van der Waals surface area contributed by atoms with E-state index in [0.717, 1.165) is 5.56 Å². The minimum absolute atomic E-state index is 0.0950. The highest BCUT2D eigenvalue weighted by Crippen LogP contribution is 2.37. The second-order valence-corrected chi connectivity index (χ2v) is 8.77. The summed E-state index contributed by atoms with van der Waals surface area (Å²) in [6.07, 6.45) is 1.43. The first-order chi connectivity index (χ1) is 13.0. The van der Waals surface area contributed by atoms with Crippen LogP contribution in [0.2, 0.25) is 0 Å². The van der Waals surface area contributed by atoms with Crippen LogP contribution >= 0.6 is 0 Å². The Morgan fingerprint density at radius 1 is 1.04 bits per heavy atom. The molecule has 2 N–H and O–H groups in total. The molecule has 1 heterocycles. The van der Waals surface area contributed by atoms with Crippen molar-refractivity contribution in [3.8, 4) is 11.5 Å². The molecule has 27 heavy (non-hydrogen) atoms. The average Bonchev–Trinajstić information content (AvgIpc) is 2.65. The summed E-state index contributed by atoms with van der Waals surface area (Å²) in [5.74, 6) is 0.817. The molecule has 0 aromatic heterocycles. The molecule has 1 aliphatic carbocycles. The SMILES string of the molecule is O=S(=O)(N[C@H](Cc1ccccc1)C1CC(O)C1)c1cccc2c1OCCO2. The van der Waals surface area contributed by atoms with Gasteiger partial charge in [-0.25, -0.2) is 13.1 Å². The van der Waals surface area contributed by atoms with Crippen LogP contribution in [0.3, 0.4) is 0 Å². The Hall–Kier alpha value is -2.09. The van der Waals surface area contributed by atoms with Crippen LogP contribution in [0.15, 0.2) is 53.4 Å². The molecule has 2 aromatic carbocycles. The molecule has 0 spiro atoms. The van der Waals surface area contributed by atoms with Crippen molar-refractivity contribution < 1.29 is 23.0 Å². The lowest BCUT2D eigenvalue weighted by Gasteiger charge is -2.38. The number of benzene rings is 2. The number of fused-ring (bicyclic) bond motifs is 1. The van der Waals surface area contributed by atoms with Crippen molar-refractivity contribution in [1.82, 2.24) is 4.72 Å². The summed E-state index contributed by atoms with van der Waals surface area (Å²) in [5.41, 5.74) is 1.06. The number of hydrogen-bond acceptors (Lipinski definition) is 5. The van der Waals surface area contributed by atoms with E-state index >= 15 is 0 Å². The van der Waals surface area contributed by atoms with Gasteiger partial charge in [0, 0.05) is 6.04 Å². The summed E-state index contributed by atoms with van der Waals surface area (Å²) in [6, 6.07) is 14.4. The Morgan fingerprint density at radius 2 is 1.78 bits per heavy atom. The zero-order chi connectivity index (χ0) is 18.9. The molecule has 0 radical (unpaired) electrons. The zero-order valence-electron chi connectivity index (χ0n) is 14.9. The fraction of sp³-hybridized carbons (Fsp3) is 0.400. The Morgan fingerprint density at radius 3 is 2.52 bits per heavy atom. The molecular formula is C20H23NO5S. The third-order valence-corrected chi connectivity index (χ3v) is 6.66. The van der Waals surface area contributed by atoms with E-state index in [4.69, 9.17) is 9.47 Å². The lowest BCUT2D eigenvalue weighted by molar-refractivity contribution is 0.0283. The van der Waals surface area contributed by atoms with Gasteiger partial charge >= 0.3 is 0 Å². The number of aliphatic hydroxyl groups is 1. The molecule has 1 saturated carbocycles. The normalized spacial score (nSPS) is 22.7. The Balaban J connectivity index is 1.60. The number of ether oxygens (including phenoxy) is 2. The molecule has 1 aliphatic heterocycles. The summed E-state index contributed by atoms with van der Waals surface area (Å²) in [7, 11) is -3.80. The van der Waals surface area contributed by atoms with Crippen molar-refractivity contribution in [2.45, 2.75) is 36.3 Å². The predicted molar refractivity (Wildman–Crippen MR) is 100 cm³/mol. The molecule has 1 fully saturated rings. The van der Waals surface area contributed by atoms with Gasteiger partial charge in [0.1, 0.15) is 18.1 Å². The first-order valence-corrected chi connectivity index (χ1v) is 10.6. The van der Waals surface area contributed by atoms with Crippen molar-refractivity contribution >= 4 is 10.0 Å². The largest absolute Gasteiger partial charge is 0.486 e. The van der Waals surface area contributed by atoms with Gasteiger partial charge in [-0.2, -0.15) is 0 Å². The maximum absolute atomic E-state index is 13.1. The molecule has 2 aromatic rings. The highest BCUT2D eigenvalue weighted by molar-refractivity contribution is 7.89. The molecule has 4 rings (SSSR count). The van der Waals surface area contributed by atoms with Crippen molar-refractivity contribution in [1.29, 1.82) is 0 Å². The number of nitrogens with one attached hydrogen (secondary N) is 1. The summed E-state index contributed by atoms with van der Waals surface area (Å²) < 4.78 is 40.2. The van der Waals surface area contributed by atoms with Gasteiger partial charge < -0.3 is 14.6 Å². The monoisotopic (exact) mass is 389 g/mol. The van der Waals surface area contributed by atoms with Crippen LogP contribution in [-0.2, 0) is 16.4 Å². The van der Waals surface area contributed by atoms with Gasteiger partial charge in [0.05, 0.1) is 6.10 Å². The van der Waals surface area contributed by atoms with Crippen LogP contribution in [0.1, 0.15) is 18.4 Å². The minimum atomic E-state index is -3.80. The lowest BCUT2D eigenvalue weighted by Crippen LogP contribution is -2.48. The molecule has 0 bridgehead atoms. The van der Waals surface area contributed by atoms with E-state index in [1.807, 2.05) is 30.3 Å². The summed E-state index contributed by atoms with van der Waals surface area (Å²) >= 11 is 0. The molecule has 7 heteroatoms. The highest BCUT2D eigenvalue weighted by Gasteiger charge is 2.37. The second-order valence-electron chi connectivity index (χ2n) is 7.08. The van der Waals surface area contributed by atoms with Gasteiger partial charge in [-0.3, -0.25) is 0 Å². The lowest BCUT2D eigenvalue weighted by atomic mass is 9.76. The van der Waals surface area contributed by atoms with Gasteiger partial charge in [-0.15, -0.1) is 0 Å². The van der Waals surface area contributed by atoms with Crippen molar-refractivity contribution in [3.63, 3.8) is 0 Å². The number of sulfonamides is 1. The minimum Gasteiger partial charge on any atom is -0.486 e. The van der Waals surface area contributed by atoms with Gasteiger partial charge in [-0.05, 0) is 42.9 Å². The smallest absolute Gasteiger partial charge is 0.244 e. The fourth-order valence-corrected chi connectivity index (χ4v) is 5.12. The van der Waals surface area contributed by atoms with Gasteiger partial charge in [0.2, 0.25) is 10.0 Å². The van der Waals surface area contributed by atoms with Crippen LogP contribution in [0, 0.1) is 5.92 Å². The van der Waals surface area contributed by atoms with Gasteiger partial charge in [0.25, 0.3) is 0 Å². The van der Waals surface area contributed by atoms with E-state index in [1.165, 1.54) is 6.07 Å². The second kappa shape index (κ2) is 7.50. The van der Waals surface area contributed by atoms with E-state index in [0.29, 0.717) is 38.2 Å². The third kappa shape index (κ3) is 3.95. The van der Waals surface area contributed by atoms with E-state index in [9.17, 15) is 13.5 Å². The van der Waals surface area contributed by atoms with E-state index in [1.54, 1.807) is 12.1 Å².